The van der Waals surface area contributed by atoms with E-state index in [-0.39, 0.29) is 0 Å². The molecule has 36 heavy (non-hydrogen) atoms. The molecule has 0 bridgehead atoms. The zero-order chi connectivity index (χ0) is 24.2. The minimum absolute atomic E-state index is 0.892. The van der Waals surface area contributed by atoms with Gasteiger partial charge in [0.25, 0.3) is 0 Å². The topological polar surface area (TPSA) is 6.48 Å². The molecule has 0 N–H and O–H groups in total. The van der Waals surface area contributed by atoms with E-state index in [0.29, 0.717) is 0 Å². The first kappa shape index (κ1) is 22.1. The van der Waals surface area contributed by atoms with Crippen LogP contribution in [-0.2, 0) is 6.54 Å². The molecule has 3 heteroatoms. The number of para-hydroxylation sites is 3. The Balaban J connectivity index is 1.33. The van der Waals surface area contributed by atoms with Gasteiger partial charge in [-0.15, -0.1) is 0 Å². The zero-order valence-electron chi connectivity index (χ0n) is 20.2. The Morgan fingerprint density at radius 1 is 0.611 bits per heavy atom. The van der Waals surface area contributed by atoms with E-state index in [0.717, 1.165) is 30.2 Å². The van der Waals surface area contributed by atoms with Crippen LogP contribution < -0.4 is 9.80 Å². The van der Waals surface area contributed by atoms with Gasteiger partial charge in [-0.3, -0.25) is 0 Å². The van der Waals surface area contributed by atoms with Gasteiger partial charge < -0.3 is 4.90 Å². The van der Waals surface area contributed by atoms with Gasteiger partial charge in [0.15, 0.2) is 0 Å². The summed E-state index contributed by atoms with van der Waals surface area (Å²) in [6.45, 7) is 3.87. The van der Waals surface area contributed by atoms with Crippen molar-refractivity contribution < 1.29 is 0 Å². The molecule has 0 spiro atoms. The van der Waals surface area contributed by atoms with Crippen molar-refractivity contribution in [3.05, 3.63) is 156 Å². The van der Waals surface area contributed by atoms with Crippen LogP contribution in [0.4, 0.5) is 22.7 Å². The molecule has 1 aliphatic rings. The summed E-state index contributed by atoms with van der Waals surface area (Å²) < 4.78 is 0. The predicted octanol–water partition coefficient (Wildman–Crippen LogP) is 7.95. The third-order valence-corrected chi connectivity index (χ3v) is 6.73. The van der Waals surface area contributed by atoms with E-state index in [4.69, 9.17) is 0 Å². The molecule has 0 radical (unpaired) electrons. The summed E-state index contributed by atoms with van der Waals surface area (Å²) in [5, 5.41) is 0. The third kappa shape index (κ3) is 4.48. The van der Waals surface area contributed by atoms with Crippen molar-refractivity contribution in [1.29, 1.82) is 0 Å². The Bertz CT molecular complexity index is 1420. The molecule has 2 nitrogen and oxygen atoms in total. The van der Waals surface area contributed by atoms with Crippen LogP contribution in [-0.4, -0.2) is 13.5 Å². The van der Waals surface area contributed by atoms with E-state index in [2.05, 4.69) is 156 Å². The molecular weight excluding hydrogens is 435 g/mol. The summed E-state index contributed by atoms with van der Waals surface area (Å²) >= 11 is 0. The number of nitrogens with zero attached hydrogens (tertiary/aromatic N) is 2. The number of benzene rings is 4. The van der Waals surface area contributed by atoms with Crippen molar-refractivity contribution in [3.63, 3.8) is 0 Å². The standard InChI is InChI=1S/C33H27BN2/c1-3-9-28(10-4-1)36(29-11-5-2-6-12-29)30-17-15-27(16-18-30)31-21-24-35(25-26-19-22-34-23-20-26)33-14-8-7-13-32(31)33/h1-23H,24-25H2. The first-order valence-electron chi connectivity index (χ1n) is 12.5. The van der Waals surface area contributed by atoms with E-state index in [9.17, 15) is 0 Å². The zero-order valence-corrected chi connectivity index (χ0v) is 20.2. The third-order valence-electron chi connectivity index (χ3n) is 6.73. The molecule has 1 aromatic heterocycles. The van der Waals surface area contributed by atoms with Crippen molar-refractivity contribution in [2.45, 2.75) is 6.54 Å². The summed E-state index contributed by atoms with van der Waals surface area (Å²) in [6, 6.07) is 43.2. The summed E-state index contributed by atoms with van der Waals surface area (Å²) in [5.41, 5.74) is 9.89. The second-order valence-corrected chi connectivity index (χ2v) is 9.05. The van der Waals surface area contributed by atoms with Gasteiger partial charge in [0, 0.05) is 11.4 Å². The maximum absolute atomic E-state index is 2.45. The van der Waals surface area contributed by atoms with Crippen LogP contribution in [0.3, 0.4) is 0 Å². The van der Waals surface area contributed by atoms with Crippen molar-refractivity contribution in [3.8, 4) is 0 Å². The predicted molar refractivity (Wildman–Crippen MR) is 153 cm³/mol. The SMILES string of the molecule is b1ccc(CN2CC=C(c3ccc(N(c4ccccc4)c4ccccc4)cc3)c3ccccc32)cc1. The van der Waals surface area contributed by atoms with Gasteiger partial charge in [-0.2, -0.15) is 0 Å². The van der Waals surface area contributed by atoms with E-state index < -0.39 is 0 Å². The number of hydrogen-bond acceptors (Lipinski definition) is 2. The molecule has 0 unspecified atom stereocenters. The molecular formula is C33H27BN2. The molecule has 0 saturated carbocycles. The van der Waals surface area contributed by atoms with Crippen molar-refractivity contribution in [2.75, 3.05) is 16.3 Å². The van der Waals surface area contributed by atoms with Crippen molar-refractivity contribution >= 4 is 35.2 Å². The minimum atomic E-state index is 0.892. The number of rotatable bonds is 6. The van der Waals surface area contributed by atoms with Crippen molar-refractivity contribution in [1.82, 2.24) is 0 Å². The molecule has 1 aliphatic heterocycles. The van der Waals surface area contributed by atoms with Gasteiger partial charge in [-0.05, 0) is 24.3 Å². The normalized spacial score (nSPS) is 12.4. The molecule has 0 fully saturated rings. The van der Waals surface area contributed by atoms with Gasteiger partial charge >= 0.3 is 137 Å². The van der Waals surface area contributed by atoms with Crippen LogP contribution in [0.2, 0.25) is 0 Å². The Labute approximate surface area is 214 Å². The van der Waals surface area contributed by atoms with E-state index >= 15 is 0 Å². The summed E-state index contributed by atoms with van der Waals surface area (Å²) in [5.74, 6) is 4.23. The Hall–Kier alpha value is -4.37. The second kappa shape index (κ2) is 10.1. The number of hydrogen-bond donors (Lipinski definition) is 0. The fraction of sp³-hybridized carbons (Fsp3) is 0.0606. The van der Waals surface area contributed by atoms with Gasteiger partial charge in [-0.1, -0.05) is 36.4 Å². The number of fused-ring (bicyclic) bond motifs is 1. The molecule has 0 saturated heterocycles. The van der Waals surface area contributed by atoms with Crippen LogP contribution >= 0.6 is 0 Å². The fourth-order valence-corrected chi connectivity index (χ4v) is 5.01. The number of anilines is 4. The molecule has 0 aliphatic carbocycles. The molecule has 172 valence electrons. The average Bonchev–Trinajstić information content (AvgIpc) is 2.96. The Kier molecular flexibility index (Phi) is 6.20. The van der Waals surface area contributed by atoms with E-state index in [1.54, 1.807) is 0 Å². The van der Waals surface area contributed by atoms with Gasteiger partial charge in [0.2, 0.25) is 0 Å². The molecule has 6 rings (SSSR count). The van der Waals surface area contributed by atoms with Gasteiger partial charge in [0.05, 0.1) is 0 Å². The van der Waals surface area contributed by atoms with E-state index in [1.807, 2.05) is 0 Å². The fourth-order valence-electron chi connectivity index (χ4n) is 5.01. The molecule has 0 atom stereocenters. The molecule has 4 aromatic carbocycles. The maximum atomic E-state index is 2.45. The Morgan fingerprint density at radius 2 is 1.19 bits per heavy atom. The molecule has 5 aromatic rings. The molecule has 2 heterocycles. The van der Waals surface area contributed by atoms with Gasteiger partial charge in [-0.25, -0.2) is 0 Å². The summed E-state index contributed by atoms with van der Waals surface area (Å²) in [4.78, 5) is 4.75. The Morgan fingerprint density at radius 3 is 1.86 bits per heavy atom. The first-order valence-corrected chi connectivity index (χ1v) is 12.5. The summed E-state index contributed by atoms with van der Waals surface area (Å²) in [7, 11) is 0. The van der Waals surface area contributed by atoms with Crippen LogP contribution in [0.1, 0.15) is 16.7 Å². The average molecular weight is 462 g/mol. The summed E-state index contributed by atoms with van der Waals surface area (Å²) in [6.07, 6.45) is 2.37. The monoisotopic (exact) mass is 462 g/mol. The quantitative estimate of drug-likeness (QED) is 0.253. The van der Waals surface area contributed by atoms with Crippen LogP contribution in [0.5, 0.6) is 0 Å². The van der Waals surface area contributed by atoms with Crippen LogP contribution in [0.25, 0.3) is 5.57 Å². The second-order valence-electron chi connectivity index (χ2n) is 9.05. The van der Waals surface area contributed by atoms with Crippen LogP contribution in [0, 0.1) is 0 Å². The molecule has 0 amide bonds. The van der Waals surface area contributed by atoms with Crippen molar-refractivity contribution in [2.24, 2.45) is 0 Å². The van der Waals surface area contributed by atoms with E-state index in [1.165, 1.54) is 28.0 Å². The van der Waals surface area contributed by atoms with Crippen LogP contribution in [0.15, 0.2) is 139 Å². The first-order chi connectivity index (χ1) is 17.9. The van der Waals surface area contributed by atoms with Gasteiger partial charge in [0.1, 0.15) is 0 Å².